The summed E-state index contributed by atoms with van der Waals surface area (Å²) >= 11 is 0. The fourth-order valence-electron chi connectivity index (χ4n) is 1.67. The zero-order chi connectivity index (χ0) is 11.7. The number of hydrogen-bond acceptors (Lipinski definition) is 2. The van der Waals surface area contributed by atoms with Crippen molar-refractivity contribution in [3.63, 3.8) is 0 Å². The summed E-state index contributed by atoms with van der Waals surface area (Å²) in [6, 6.07) is 1.40. The lowest BCUT2D eigenvalue weighted by molar-refractivity contribution is 0.243. The molecule has 0 saturated heterocycles. The van der Waals surface area contributed by atoms with Gasteiger partial charge in [0.15, 0.2) is 0 Å². The fourth-order valence-corrected chi connectivity index (χ4v) is 1.67. The standard InChI is InChI=1S/C13H30N2/c1-6-10-14-12(3)9-8-11-15(5)13(4)7-2/h12-14H,6-11H2,1-5H3. The quantitative estimate of drug-likeness (QED) is 0.635. The van der Waals surface area contributed by atoms with Gasteiger partial charge in [-0.15, -0.1) is 0 Å². The number of rotatable bonds is 9. The van der Waals surface area contributed by atoms with Gasteiger partial charge in [-0.1, -0.05) is 13.8 Å². The zero-order valence-electron chi connectivity index (χ0n) is 11.3. The van der Waals surface area contributed by atoms with Gasteiger partial charge in [-0.3, -0.25) is 0 Å². The highest BCUT2D eigenvalue weighted by atomic mass is 15.1. The first-order valence-electron chi connectivity index (χ1n) is 6.55. The maximum absolute atomic E-state index is 3.53. The SMILES string of the molecule is CCCNC(C)CCCN(C)C(C)CC. The van der Waals surface area contributed by atoms with Crippen LogP contribution in [0.1, 0.15) is 53.4 Å². The van der Waals surface area contributed by atoms with Crippen molar-refractivity contribution in [2.45, 2.75) is 65.5 Å². The van der Waals surface area contributed by atoms with Gasteiger partial charge in [-0.05, 0) is 59.7 Å². The zero-order valence-corrected chi connectivity index (χ0v) is 11.3. The van der Waals surface area contributed by atoms with Gasteiger partial charge in [-0.2, -0.15) is 0 Å². The Hall–Kier alpha value is -0.0800. The lowest BCUT2D eigenvalue weighted by Gasteiger charge is -2.24. The topological polar surface area (TPSA) is 15.3 Å². The summed E-state index contributed by atoms with van der Waals surface area (Å²) in [5.74, 6) is 0. The minimum atomic E-state index is 0.676. The molecule has 0 spiro atoms. The molecule has 0 heterocycles. The van der Waals surface area contributed by atoms with Gasteiger partial charge in [0.2, 0.25) is 0 Å². The van der Waals surface area contributed by atoms with Gasteiger partial charge in [0, 0.05) is 12.1 Å². The maximum atomic E-state index is 3.53. The van der Waals surface area contributed by atoms with Crippen LogP contribution in [0.3, 0.4) is 0 Å². The van der Waals surface area contributed by atoms with Crippen molar-refractivity contribution in [2.24, 2.45) is 0 Å². The Bertz CT molecular complexity index is 136. The molecule has 0 saturated carbocycles. The predicted molar refractivity (Wildman–Crippen MR) is 69.4 cm³/mol. The second-order valence-electron chi connectivity index (χ2n) is 4.74. The van der Waals surface area contributed by atoms with Crippen molar-refractivity contribution in [2.75, 3.05) is 20.1 Å². The molecule has 2 atom stereocenters. The third-order valence-electron chi connectivity index (χ3n) is 3.23. The Balaban J connectivity index is 3.43. The second-order valence-corrected chi connectivity index (χ2v) is 4.74. The van der Waals surface area contributed by atoms with Crippen LogP contribution in [-0.4, -0.2) is 37.1 Å². The summed E-state index contributed by atoms with van der Waals surface area (Å²) in [5.41, 5.74) is 0. The van der Waals surface area contributed by atoms with Gasteiger partial charge in [0.25, 0.3) is 0 Å². The number of nitrogens with zero attached hydrogens (tertiary/aromatic N) is 1. The van der Waals surface area contributed by atoms with Gasteiger partial charge < -0.3 is 10.2 Å². The molecule has 15 heavy (non-hydrogen) atoms. The van der Waals surface area contributed by atoms with Crippen molar-refractivity contribution in [3.8, 4) is 0 Å². The first kappa shape index (κ1) is 14.9. The highest BCUT2D eigenvalue weighted by Crippen LogP contribution is 2.04. The van der Waals surface area contributed by atoms with Crippen molar-refractivity contribution < 1.29 is 0 Å². The van der Waals surface area contributed by atoms with E-state index in [0.717, 1.165) is 12.6 Å². The Morgan fingerprint density at radius 3 is 2.40 bits per heavy atom. The van der Waals surface area contributed by atoms with Crippen LogP contribution in [0.25, 0.3) is 0 Å². The summed E-state index contributed by atoms with van der Waals surface area (Å²) < 4.78 is 0. The van der Waals surface area contributed by atoms with Crippen molar-refractivity contribution in [1.82, 2.24) is 10.2 Å². The van der Waals surface area contributed by atoms with Crippen LogP contribution >= 0.6 is 0 Å². The molecule has 1 N–H and O–H groups in total. The van der Waals surface area contributed by atoms with E-state index in [1.165, 1.54) is 32.2 Å². The van der Waals surface area contributed by atoms with Gasteiger partial charge >= 0.3 is 0 Å². The molecule has 0 aromatic rings. The molecule has 2 unspecified atom stereocenters. The summed E-state index contributed by atoms with van der Waals surface area (Å²) in [6.45, 7) is 11.5. The summed E-state index contributed by atoms with van der Waals surface area (Å²) in [4.78, 5) is 2.46. The Kier molecular flexibility index (Phi) is 9.12. The molecule has 0 aliphatic heterocycles. The third-order valence-corrected chi connectivity index (χ3v) is 3.23. The van der Waals surface area contributed by atoms with E-state index in [-0.39, 0.29) is 0 Å². The molecule has 0 fully saturated rings. The van der Waals surface area contributed by atoms with E-state index >= 15 is 0 Å². The molecule has 0 radical (unpaired) electrons. The molecule has 0 aromatic heterocycles. The van der Waals surface area contributed by atoms with E-state index in [4.69, 9.17) is 0 Å². The third kappa shape index (κ3) is 7.80. The maximum Gasteiger partial charge on any atom is 0.00612 e. The molecular weight excluding hydrogens is 184 g/mol. The number of nitrogens with one attached hydrogen (secondary N) is 1. The molecule has 0 aliphatic rings. The lowest BCUT2D eigenvalue weighted by atomic mass is 10.1. The van der Waals surface area contributed by atoms with E-state index in [0.29, 0.717) is 6.04 Å². The number of hydrogen-bond donors (Lipinski definition) is 1. The molecule has 0 aromatic carbocycles. The normalized spacial score (nSPS) is 15.6. The molecule has 0 rings (SSSR count). The van der Waals surface area contributed by atoms with Crippen LogP contribution in [0.2, 0.25) is 0 Å². The first-order chi connectivity index (χ1) is 7.11. The minimum absolute atomic E-state index is 0.676. The van der Waals surface area contributed by atoms with Gasteiger partial charge in [-0.25, -0.2) is 0 Å². The van der Waals surface area contributed by atoms with Crippen LogP contribution in [0.15, 0.2) is 0 Å². The first-order valence-corrected chi connectivity index (χ1v) is 6.55. The summed E-state index contributed by atoms with van der Waals surface area (Å²) in [7, 11) is 2.23. The summed E-state index contributed by atoms with van der Waals surface area (Å²) in [6.07, 6.45) is 5.08. The van der Waals surface area contributed by atoms with E-state index < -0.39 is 0 Å². The van der Waals surface area contributed by atoms with Crippen LogP contribution in [-0.2, 0) is 0 Å². The monoisotopic (exact) mass is 214 g/mol. The van der Waals surface area contributed by atoms with E-state index in [1.807, 2.05) is 0 Å². The molecule has 0 bridgehead atoms. The molecule has 0 aliphatic carbocycles. The van der Waals surface area contributed by atoms with Gasteiger partial charge in [0.1, 0.15) is 0 Å². The molecule has 0 amide bonds. The summed E-state index contributed by atoms with van der Waals surface area (Å²) in [5, 5.41) is 3.53. The van der Waals surface area contributed by atoms with Crippen molar-refractivity contribution in [1.29, 1.82) is 0 Å². The molecular formula is C13H30N2. The predicted octanol–water partition coefficient (Wildman–Crippen LogP) is 2.89. The Labute approximate surface area is 96.4 Å². The van der Waals surface area contributed by atoms with Gasteiger partial charge in [0.05, 0.1) is 0 Å². The molecule has 2 nitrogen and oxygen atoms in total. The smallest absolute Gasteiger partial charge is 0.00612 e. The highest BCUT2D eigenvalue weighted by molar-refractivity contribution is 4.64. The van der Waals surface area contributed by atoms with Crippen LogP contribution in [0.4, 0.5) is 0 Å². The molecule has 2 heteroatoms. The lowest BCUT2D eigenvalue weighted by Crippen LogP contribution is -2.31. The van der Waals surface area contributed by atoms with Crippen molar-refractivity contribution in [3.05, 3.63) is 0 Å². The van der Waals surface area contributed by atoms with E-state index in [2.05, 4.69) is 45.0 Å². The molecule has 92 valence electrons. The fraction of sp³-hybridized carbons (Fsp3) is 1.00. The highest BCUT2D eigenvalue weighted by Gasteiger charge is 2.06. The average molecular weight is 214 g/mol. The van der Waals surface area contributed by atoms with Crippen molar-refractivity contribution >= 4 is 0 Å². The van der Waals surface area contributed by atoms with E-state index in [1.54, 1.807) is 0 Å². The largest absolute Gasteiger partial charge is 0.314 e. The minimum Gasteiger partial charge on any atom is -0.314 e. The average Bonchev–Trinajstić information content (AvgIpc) is 2.24. The van der Waals surface area contributed by atoms with Crippen LogP contribution in [0, 0.1) is 0 Å². The Morgan fingerprint density at radius 1 is 1.20 bits per heavy atom. The second kappa shape index (κ2) is 9.17. The van der Waals surface area contributed by atoms with E-state index in [9.17, 15) is 0 Å². The van der Waals surface area contributed by atoms with Crippen LogP contribution in [0.5, 0.6) is 0 Å². The Morgan fingerprint density at radius 2 is 1.87 bits per heavy atom. The van der Waals surface area contributed by atoms with Crippen LogP contribution < -0.4 is 5.32 Å².